The molecule has 1 aliphatic carbocycles. The Kier molecular flexibility index (Phi) is 18.0. The zero-order valence-electron chi connectivity index (χ0n) is 27.6. The molecular formula is C37H51NO7. The number of carbonyl (C=O) groups excluding carboxylic acids is 4. The summed E-state index contributed by atoms with van der Waals surface area (Å²) in [4.78, 5) is 45.7. The number of ether oxygens (including phenoxy) is 3. The van der Waals surface area contributed by atoms with E-state index in [2.05, 4.69) is 38.1 Å². The van der Waals surface area contributed by atoms with E-state index < -0.39 is 0 Å². The zero-order chi connectivity index (χ0) is 32.9. The molecule has 2 amide bonds. The van der Waals surface area contributed by atoms with Gasteiger partial charge in [-0.2, -0.15) is 0 Å². The molecule has 1 aliphatic heterocycles. The predicted octanol–water partition coefficient (Wildman–Crippen LogP) is 7.90. The molecule has 246 valence electrons. The van der Waals surface area contributed by atoms with Gasteiger partial charge in [0.2, 0.25) is 0 Å². The number of benzene rings is 2. The number of hydrogen-bond acceptors (Lipinski definition) is 7. The summed E-state index contributed by atoms with van der Waals surface area (Å²) in [6.45, 7) is 9.20. The minimum atomic E-state index is -0.250. The Morgan fingerprint density at radius 1 is 0.733 bits per heavy atom. The SMILES string of the molecule is CCOC(=O)CC1CCCCC1.CCOC(=O)CCCCCN1C(=O)C=CC1=O.CCc1ccc(Oc2ccc(C)cc2)cc1. The first-order valence-corrected chi connectivity index (χ1v) is 16.4. The summed E-state index contributed by atoms with van der Waals surface area (Å²) in [5.41, 5.74) is 2.57. The Morgan fingerprint density at radius 3 is 1.84 bits per heavy atom. The number of carbonyl (C=O) groups is 4. The first-order chi connectivity index (χ1) is 21.7. The third-order valence-corrected chi connectivity index (χ3v) is 7.54. The highest BCUT2D eigenvalue weighted by atomic mass is 16.5. The number of amides is 2. The lowest BCUT2D eigenvalue weighted by Gasteiger charge is -2.20. The number of unbranched alkanes of at least 4 members (excludes halogenated alkanes) is 2. The molecule has 1 saturated carbocycles. The second-order valence-electron chi connectivity index (χ2n) is 11.2. The number of hydrogen-bond donors (Lipinski definition) is 0. The predicted molar refractivity (Wildman–Crippen MR) is 176 cm³/mol. The number of rotatable bonds is 13. The Morgan fingerprint density at radius 2 is 1.29 bits per heavy atom. The lowest BCUT2D eigenvalue weighted by molar-refractivity contribution is -0.145. The molecule has 2 aliphatic rings. The third-order valence-electron chi connectivity index (χ3n) is 7.54. The van der Waals surface area contributed by atoms with Gasteiger partial charge in [0.1, 0.15) is 11.5 Å². The average Bonchev–Trinajstić information content (AvgIpc) is 3.36. The Labute approximate surface area is 269 Å². The maximum Gasteiger partial charge on any atom is 0.306 e. The van der Waals surface area contributed by atoms with E-state index in [-0.39, 0.29) is 23.8 Å². The van der Waals surface area contributed by atoms with Crippen LogP contribution in [-0.2, 0) is 35.1 Å². The summed E-state index contributed by atoms with van der Waals surface area (Å²) in [6, 6.07) is 16.3. The topological polar surface area (TPSA) is 99.2 Å². The van der Waals surface area contributed by atoms with Crippen LogP contribution in [0.15, 0.2) is 60.7 Å². The van der Waals surface area contributed by atoms with Crippen LogP contribution in [0.5, 0.6) is 11.5 Å². The van der Waals surface area contributed by atoms with Crippen molar-refractivity contribution in [2.75, 3.05) is 19.8 Å². The molecule has 45 heavy (non-hydrogen) atoms. The van der Waals surface area contributed by atoms with E-state index >= 15 is 0 Å². The first-order valence-electron chi connectivity index (χ1n) is 16.4. The molecule has 0 unspecified atom stereocenters. The summed E-state index contributed by atoms with van der Waals surface area (Å²) in [5.74, 6) is 1.68. The highest BCUT2D eigenvalue weighted by Gasteiger charge is 2.22. The fourth-order valence-electron chi connectivity index (χ4n) is 4.98. The molecule has 0 saturated heterocycles. The number of esters is 2. The largest absolute Gasteiger partial charge is 0.466 e. The molecule has 0 atom stereocenters. The van der Waals surface area contributed by atoms with E-state index in [1.54, 1.807) is 6.92 Å². The molecule has 0 N–H and O–H groups in total. The van der Waals surface area contributed by atoms with Crippen LogP contribution in [0.2, 0.25) is 0 Å². The Balaban J connectivity index is 0.000000239. The number of aryl methyl sites for hydroxylation is 2. The quantitative estimate of drug-likeness (QED) is 0.127. The summed E-state index contributed by atoms with van der Waals surface area (Å²) in [7, 11) is 0. The molecule has 1 fully saturated rings. The Hall–Kier alpha value is -3.94. The van der Waals surface area contributed by atoms with Gasteiger partial charge in [-0.25, -0.2) is 0 Å². The second kappa shape index (κ2) is 21.7. The number of nitrogens with zero attached hydrogens (tertiary/aromatic N) is 1. The highest BCUT2D eigenvalue weighted by Crippen LogP contribution is 2.26. The van der Waals surface area contributed by atoms with Crippen LogP contribution < -0.4 is 4.74 Å². The smallest absolute Gasteiger partial charge is 0.306 e. The van der Waals surface area contributed by atoms with E-state index in [0.29, 0.717) is 38.5 Å². The van der Waals surface area contributed by atoms with Gasteiger partial charge < -0.3 is 14.2 Å². The van der Waals surface area contributed by atoms with Crippen molar-refractivity contribution in [3.63, 3.8) is 0 Å². The van der Waals surface area contributed by atoms with Crippen molar-refractivity contribution in [1.29, 1.82) is 0 Å². The van der Waals surface area contributed by atoms with Crippen molar-refractivity contribution >= 4 is 23.8 Å². The second-order valence-corrected chi connectivity index (χ2v) is 11.2. The van der Waals surface area contributed by atoms with Crippen molar-refractivity contribution < 1.29 is 33.4 Å². The van der Waals surface area contributed by atoms with Crippen molar-refractivity contribution in [3.05, 3.63) is 71.8 Å². The van der Waals surface area contributed by atoms with Crippen molar-refractivity contribution in [2.24, 2.45) is 5.92 Å². The molecule has 8 nitrogen and oxygen atoms in total. The average molecular weight is 622 g/mol. The molecule has 1 heterocycles. The van der Waals surface area contributed by atoms with E-state index in [0.717, 1.165) is 37.2 Å². The standard InChI is InChI=1S/C15H16O.C12H17NO4.C10H18O2/c1-3-13-6-10-15(11-7-13)16-14-8-4-12(2)5-9-14;1-2-17-12(16)6-4-3-5-9-13-10(14)7-8-11(13)15;1-2-12-10(11)8-9-6-4-3-5-7-9/h4-11H,3H2,1-2H3;7-8H,2-6,9H2,1H3;9H,2-8H2,1H3. The van der Waals surface area contributed by atoms with Crippen molar-refractivity contribution in [3.8, 4) is 11.5 Å². The zero-order valence-corrected chi connectivity index (χ0v) is 27.6. The normalized spacial score (nSPS) is 14.2. The van der Waals surface area contributed by atoms with E-state index in [1.807, 2.05) is 31.2 Å². The molecule has 0 spiro atoms. The molecule has 2 aromatic rings. The van der Waals surface area contributed by atoms with Crippen LogP contribution in [0, 0.1) is 12.8 Å². The lowest BCUT2D eigenvalue weighted by atomic mass is 9.87. The van der Waals surface area contributed by atoms with Crippen LogP contribution in [-0.4, -0.2) is 48.4 Å². The maximum atomic E-state index is 11.2. The van der Waals surface area contributed by atoms with Gasteiger partial charge in [0.25, 0.3) is 11.8 Å². The molecule has 0 aromatic heterocycles. The highest BCUT2D eigenvalue weighted by molar-refractivity contribution is 6.12. The van der Waals surface area contributed by atoms with Crippen LogP contribution in [0.4, 0.5) is 0 Å². The fourth-order valence-corrected chi connectivity index (χ4v) is 4.98. The summed E-state index contributed by atoms with van der Waals surface area (Å²) >= 11 is 0. The van der Waals surface area contributed by atoms with E-state index in [9.17, 15) is 19.2 Å². The first kappa shape index (κ1) is 37.2. The molecule has 0 bridgehead atoms. The summed E-state index contributed by atoms with van der Waals surface area (Å²) < 4.78 is 15.4. The lowest BCUT2D eigenvalue weighted by Crippen LogP contribution is -2.30. The Bertz CT molecular complexity index is 1180. The van der Waals surface area contributed by atoms with Gasteiger partial charge >= 0.3 is 11.9 Å². The molecule has 0 radical (unpaired) electrons. The maximum absolute atomic E-state index is 11.2. The minimum absolute atomic E-state index is 0.00981. The van der Waals surface area contributed by atoms with Crippen molar-refractivity contribution in [1.82, 2.24) is 4.90 Å². The van der Waals surface area contributed by atoms with Gasteiger partial charge in [-0.1, -0.05) is 62.4 Å². The van der Waals surface area contributed by atoms with Crippen LogP contribution in [0.25, 0.3) is 0 Å². The number of imide groups is 1. The van der Waals surface area contributed by atoms with Gasteiger partial charge in [0.15, 0.2) is 0 Å². The van der Waals surface area contributed by atoms with Gasteiger partial charge in [-0.15, -0.1) is 0 Å². The summed E-state index contributed by atoms with van der Waals surface area (Å²) in [5, 5.41) is 0. The third kappa shape index (κ3) is 15.6. The van der Waals surface area contributed by atoms with Gasteiger partial charge in [-0.05, 0) is 88.6 Å². The minimum Gasteiger partial charge on any atom is -0.466 e. The molecule has 4 rings (SSSR count). The van der Waals surface area contributed by atoms with Crippen molar-refractivity contribution in [2.45, 2.75) is 98.3 Å². The monoisotopic (exact) mass is 621 g/mol. The van der Waals surface area contributed by atoms with Crippen LogP contribution in [0.1, 0.15) is 96.1 Å². The van der Waals surface area contributed by atoms with Crippen LogP contribution in [0.3, 0.4) is 0 Å². The van der Waals surface area contributed by atoms with Crippen LogP contribution >= 0.6 is 0 Å². The van der Waals surface area contributed by atoms with Gasteiger partial charge in [0, 0.05) is 31.5 Å². The fraction of sp³-hybridized carbons (Fsp3) is 0.514. The van der Waals surface area contributed by atoms with Gasteiger partial charge in [0.05, 0.1) is 13.2 Å². The van der Waals surface area contributed by atoms with E-state index in [4.69, 9.17) is 14.2 Å². The molecule has 8 heteroatoms. The van der Waals surface area contributed by atoms with E-state index in [1.165, 1.54) is 60.3 Å². The summed E-state index contributed by atoms with van der Waals surface area (Å²) in [6.07, 6.45) is 13.3. The van der Waals surface area contributed by atoms with Gasteiger partial charge in [-0.3, -0.25) is 24.1 Å². The molecular weight excluding hydrogens is 570 g/mol. The molecule has 2 aromatic carbocycles.